The Morgan fingerprint density at radius 2 is 1.77 bits per heavy atom. The lowest BCUT2D eigenvalue weighted by molar-refractivity contribution is -0.122. The van der Waals surface area contributed by atoms with Gasteiger partial charge in [-0.3, -0.25) is 14.9 Å². The second kappa shape index (κ2) is 7.38. The van der Waals surface area contributed by atoms with Gasteiger partial charge in [0.15, 0.2) is 0 Å². The highest BCUT2D eigenvalue weighted by Crippen LogP contribution is 2.42. The van der Waals surface area contributed by atoms with Crippen LogP contribution in [0.3, 0.4) is 0 Å². The van der Waals surface area contributed by atoms with Gasteiger partial charge >= 0.3 is 6.03 Å². The molecule has 1 saturated heterocycles. The number of para-hydroxylation sites is 1. The molecule has 1 N–H and O–H groups in total. The highest BCUT2D eigenvalue weighted by atomic mass is 16.2. The van der Waals surface area contributed by atoms with Gasteiger partial charge in [0.2, 0.25) is 0 Å². The lowest BCUT2D eigenvalue weighted by atomic mass is 9.80. The maximum Gasteiger partial charge on any atom is 0.335 e. The number of hydrogen-bond donors (Lipinski definition) is 1. The van der Waals surface area contributed by atoms with Crippen LogP contribution in [0, 0.1) is 6.92 Å². The Kier molecular flexibility index (Phi) is 4.96. The van der Waals surface area contributed by atoms with Crippen LogP contribution >= 0.6 is 0 Å². The zero-order valence-electron chi connectivity index (χ0n) is 18.5. The van der Waals surface area contributed by atoms with Crippen molar-refractivity contribution >= 4 is 35.3 Å². The van der Waals surface area contributed by atoms with Gasteiger partial charge in [-0.15, -0.1) is 0 Å². The fourth-order valence-electron chi connectivity index (χ4n) is 4.54. The van der Waals surface area contributed by atoms with Crippen molar-refractivity contribution in [1.82, 2.24) is 5.32 Å². The second-order valence-corrected chi connectivity index (χ2v) is 9.04. The van der Waals surface area contributed by atoms with E-state index in [4.69, 9.17) is 0 Å². The number of hydrogen-bond acceptors (Lipinski definition) is 4. The molecule has 2 aromatic rings. The number of nitrogens with one attached hydrogen (secondary N) is 1. The molecule has 2 aliphatic heterocycles. The van der Waals surface area contributed by atoms with Gasteiger partial charge in [0, 0.05) is 18.3 Å². The van der Waals surface area contributed by atoms with Gasteiger partial charge in [-0.1, -0.05) is 31.2 Å². The van der Waals surface area contributed by atoms with Crippen LogP contribution in [0.5, 0.6) is 0 Å². The molecule has 2 heterocycles. The van der Waals surface area contributed by atoms with E-state index in [0.29, 0.717) is 11.6 Å². The number of anilines is 2. The van der Waals surface area contributed by atoms with E-state index in [1.165, 1.54) is 5.56 Å². The van der Waals surface area contributed by atoms with Crippen LogP contribution in [0.25, 0.3) is 6.08 Å². The standard InChI is InChI=1S/C25H27N3O3/c1-15-8-6-7-9-20(15)28-23(30)19(22(29)26-24(28)31)13-17-10-11-21-18(12-17)16(2)14-25(3,4)27(21)5/h6-13,16H,14H2,1-5H3,(H,26,29,31)/b19-13-. The lowest BCUT2D eigenvalue weighted by Gasteiger charge is -2.45. The minimum atomic E-state index is -0.732. The molecule has 2 aromatic carbocycles. The molecule has 6 nitrogen and oxygen atoms in total. The van der Waals surface area contributed by atoms with E-state index < -0.39 is 17.8 Å². The first-order chi connectivity index (χ1) is 14.6. The molecule has 1 fully saturated rings. The number of carbonyl (C=O) groups is 3. The Hall–Kier alpha value is -3.41. The van der Waals surface area contributed by atoms with Gasteiger partial charge in [-0.2, -0.15) is 0 Å². The molecule has 1 atom stereocenters. The van der Waals surface area contributed by atoms with Crippen LogP contribution in [-0.2, 0) is 9.59 Å². The molecule has 160 valence electrons. The third kappa shape index (κ3) is 3.52. The van der Waals surface area contributed by atoms with Crippen LogP contribution in [0.15, 0.2) is 48.0 Å². The van der Waals surface area contributed by atoms with E-state index >= 15 is 0 Å². The summed E-state index contributed by atoms with van der Waals surface area (Å²) in [5.74, 6) is -0.948. The Morgan fingerprint density at radius 3 is 2.48 bits per heavy atom. The predicted octanol–water partition coefficient (Wildman–Crippen LogP) is 4.38. The highest BCUT2D eigenvalue weighted by Gasteiger charge is 2.38. The monoisotopic (exact) mass is 417 g/mol. The fourth-order valence-corrected chi connectivity index (χ4v) is 4.54. The van der Waals surface area contributed by atoms with E-state index in [1.54, 1.807) is 18.2 Å². The smallest absolute Gasteiger partial charge is 0.335 e. The Balaban J connectivity index is 1.74. The molecular weight excluding hydrogens is 390 g/mol. The van der Waals surface area contributed by atoms with Gasteiger partial charge in [-0.25, -0.2) is 9.69 Å². The van der Waals surface area contributed by atoms with Crippen molar-refractivity contribution in [3.8, 4) is 0 Å². The van der Waals surface area contributed by atoms with Crippen LogP contribution in [0.2, 0.25) is 0 Å². The summed E-state index contributed by atoms with van der Waals surface area (Å²) in [6.07, 6.45) is 2.58. The Labute approximate surface area is 182 Å². The minimum Gasteiger partial charge on any atom is -0.369 e. The number of nitrogens with zero attached hydrogens (tertiary/aromatic N) is 2. The van der Waals surface area contributed by atoms with Crippen LogP contribution < -0.4 is 15.1 Å². The Morgan fingerprint density at radius 1 is 1.06 bits per heavy atom. The number of carbonyl (C=O) groups excluding carboxylic acids is 3. The topological polar surface area (TPSA) is 69.7 Å². The van der Waals surface area contributed by atoms with Crippen LogP contribution in [-0.4, -0.2) is 30.4 Å². The van der Waals surface area contributed by atoms with Crippen LogP contribution in [0.1, 0.15) is 49.8 Å². The van der Waals surface area contributed by atoms with Crippen molar-refractivity contribution in [3.63, 3.8) is 0 Å². The SMILES string of the molecule is Cc1ccccc1N1C(=O)NC(=O)/C(=C/c2ccc3c(c2)C(C)CC(C)(C)N3C)C1=O. The molecule has 0 aromatic heterocycles. The van der Waals surface area contributed by atoms with E-state index in [9.17, 15) is 14.4 Å². The number of fused-ring (bicyclic) bond motifs is 1. The molecular formula is C25H27N3O3. The number of aryl methyl sites for hydroxylation is 1. The first-order valence-electron chi connectivity index (χ1n) is 10.4. The molecule has 6 heteroatoms. The van der Waals surface area contributed by atoms with Crippen molar-refractivity contribution in [2.45, 2.75) is 45.6 Å². The molecule has 2 aliphatic rings. The molecule has 0 saturated carbocycles. The number of urea groups is 1. The van der Waals surface area contributed by atoms with Crippen LogP contribution in [0.4, 0.5) is 16.2 Å². The summed E-state index contributed by atoms with van der Waals surface area (Å²) < 4.78 is 0. The summed E-state index contributed by atoms with van der Waals surface area (Å²) in [5, 5.41) is 2.30. The quantitative estimate of drug-likeness (QED) is 0.581. The largest absolute Gasteiger partial charge is 0.369 e. The summed E-state index contributed by atoms with van der Waals surface area (Å²) in [7, 11) is 2.09. The maximum atomic E-state index is 13.2. The third-order valence-electron chi connectivity index (χ3n) is 6.43. The van der Waals surface area contributed by atoms with E-state index in [2.05, 4.69) is 38.0 Å². The van der Waals surface area contributed by atoms with Gasteiger partial charge in [0.25, 0.3) is 11.8 Å². The normalized spacial score (nSPS) is 21.9. The summed E-state index contributed by atoms with van der Waals surface area (Å²) in [6, 6.07) is 12.3. The lowest BCUT2D eigenvalue weighted by Crippen LogP contribution is -2.54. The summed E-state index contributed by atoms with van der Waals surface area (Å²) in [4.78, 5) is 41.4. The predicted molar refractivity (Wildman–Crippen MR) is 122 cm³/mol. The van der Waals surface area contributed by atoms with E-state index in [0.717, 1.165) is 28.1 Å². The maximum absolute atomic E-state index is 13.2. The molecule has 0 bridgehead atoms. The average molecular weight is 418 g/mol. The summed E-state index contributed by atoms with van der Waals surface area (Å²) >= 11 is 0. The summed E-state index contributed by atoms with van der Waals surface area (Å²) in [6.45, 7) is 8.47. The highest BCUT2D eigenvalue weighted by molar-refractivity contribution is 6.39. The summed E-state index contributed by atoms with van der Waals surface area (Å²) in [5.41, 5.74) is 4.34. The molecule has 1 unspecified atom stereocenters. The van der Waals surface area contributed by atoms with Crippen molar-refractivity contribution in [2.24, 2.45) is 0 Å². The van der Waals surface area contributed by atoms with Gasteiger partial charge in [0.05, 0.1) is 5.69 Å². The zero-order chi connectivity index (χ0) is 22.5. The first-order valence-corrected chi connectivity index (χ1v) is 10.4. The zero-order valence-corrected chi connectivity index (χ0v) is 18.5. The van der Waals surface area contributed by atoms with E-state index in [1.807, 2.05) is 37.3 Å². The van der Waals surface area contributed by atoms with Crippen molar-refractivity contribution in [3.05, 3.63) is 64.7 Å². The average Bonchev–Trinajstić information content (AvgIpc) is 2.70. The number of benzene rings is 2. The molecule has 4 rings (SSSR count). The molecule has 0 spiro atoms. The third-order valence-corrected chi connectivity index (χ3v) is 6.43. The molecule has 31 heavy (non-hydrogen) atoms. The van der Waals surface area contributed by atoms with Gasteiger partial charge < -0.3 is 4.90 Å². The number of barbiturate groups is 1. The second-order valence-electron chi connectivity index (χ2n) is 9.04. The molecule has 4 amide bonds. The fraction of sp³-hybridized carbons (Fsp3) is 0.320. The molecule has 0 radical (unpaired) electrons. The van der Waals surface area contributed by atoms with Gasteiger partial charge in [0.1, 0.15) is 5.57 Å². The molecule has 0 aliphatic carbocycles. The number of amides is 4. The van der Waals surface area contributed by atoms with Crippen molar-refractivity contribution in [2.75, 3.05) is 16.8 Å². The number of imide groups is 2. The van der Waals surface area contributed by atoms with Crippen molar-refractivity contribution < 1.29 is 14.4 Å². The minimum absolute atomic E-state index is 0.0556. The van der Waals surface area contributed by atoms with Gasteiger partial charge in [-0.05, 0) is 74.1 Å². The van der Waals surface area contributed by atoms with E-state index in [-0.39, 0.29) is 11.1 Å². The van der Waals surface area contributed by atoms with Crippen molar-refractivity contribution in [1.29, 1.82) is 0 Å². The first kappa shape index (κ1) is 20.8. The Bertz CT molecular complexity index is 1130. The number of rotatable bonds is 2.